The first-order chi connectivity index (χ1) is 9.38. The highest BCUT2D eigenvalue weighted by Gasteiger charge is 2.24. The first kappa shape index (κ1) is 15.3. The Morgan fingerprint density at radius 1 is 1.25 bits per heavy atom. The number of anilines is 1. The van der Waals surface area contributed by atoms with Gasteiger partial charge in [-0.2, -0.15) is 0 Å². The third kappa shape index (κ3) is 3.70. The molecule has 0 saturated heterocycles. The number of nitrogens with two attached hydrogens (primary N) is 1. The lowest BCUT2D eigenvalue weighted by Crippen LogP contribution is -2.34. The van der Waals surface area contributed by atoms with E-state index in [4.69, 9.17) is 5.73 Å². The van der Waals surface area contributed by atoms with Crippen molar-refractivity contribution < 1.29 is 12.8 Å². The molecule has 3 N–H and O–H groups in total. The Kier molecular flexibility index (Phi) is 4.65. The van der Waals surface area contributed by atoms with Gasteiger partial charge in [-0.15, -0.1) is 0 Å². The molecule has 1 aromatic carbocycles. The highest BCUT2D eigenvalue weighted by atomic mass is 32.2. The van der Waals surface area contributed by atoms with Crippen molar-refractivity contribution in [2.75, 3.05) is 5.73 Å². The number of nitrogens with one attached hydrogen (secondary N) is 1. The first-order valence-electron chi connectivity index (χ1n) is 6.96. The molecule has 0 bridgehead atoms. The Balaban J connectivity index is 2.16. The summed E-state index contributed by atoms with van der Waals surface area (Å²) in [6.07, 6.45) is 4.77. The summed E-state index contributed by atoms with van der Waals surface area (Å²) in [6.45, 7) is 2.18. The Morgan fingerprint density at radius 2 is 2.00 bits per heavy atom. The average Bonchev–Trinajstić information content (AvgIpc) is 2.57. The van der Waals surface area contributed by atoms with Gasteiger partial charge in [-0.25, -0.2) is 17.5 Å². The van der Waals surface area contributed by atoms with Crippen molar-refractivity contribution in [2.45, 2.75) is 50.0 Å². The zero-order valence-corrected chi connectivity index (χ0v) is 12.4. The molecule has 1 fully saturated rings. The van der Waals surface area contributed by atoms with Gasteiger partial charge < -0.3 is 5.73 Å². The summed E-state index contributed by atoms with van der Waals surface area (Å²) in [5.41, 5.74) is 5.72. The number of hydrogen-bond acceptors (Lipinski definition) is 3. The van der Waals surface area contributed by atoms with Crippen LogP contribution in [-0.4, -0.2) is 14.5 Å². The van der Waals surface area contributed by atoms with Crippen molar-refractivity contribution in [3.05, 3.63) is 24.0 Å². The van der Waals surface area contributed by atoms with Crippen LogP contribution in [-0.2, 0) is 10.0 Å². The quantitative estimate of drug-likeness (QED) is 0.666. The van der Waals surface area contributed by atoms with Gasteiger partial charge in [0, 0.05) is 6.04 Å². The van der Waals surface area contributed by atoms with Crippen LogP contribution in [0.2, 0.25) is 0 Å². The fraction of sp³-hybridized carbons (Fsp3) is 0.571. The third-order valence-electron chi connectivity index (χ3n) is 3.84. The first-order valence-corrected chi connectivity index (χ1v) is 8.44. The van der Waals surface area contributed by atoms with Crippen LogP contribution < -0.4 is 10.5 Å². The summed E-state index contributed by atoms with van der Waals surface area (Å²) >= 11 is 0. The largest absolute Gasteiger partial charge is 0.398 e. The zero-order valence-electron chi connectivity index (χ0n) is 11.6. The molecule has 0 aromatic heterocycles. The molecule has 2 unspecified atom stereocenters. The molecule has 1 aliphatic rings. The zero-order chi connectivity index (χ0) is 14.8. The number of sulfonamides is 1. The lowest BCUT2D eigenvalue weighted by Gasteiger charge is -2.17. The molecule has 2 rings (SSSR count). The van der Waals surface area contributed by atoms with Gasteiger partial charge in [-0.05, 0) is 43.4 Å². The van der Waals surface area contributed by atoms with Gasteiger partial charge >= 0.3 is 0 Å². The maximum absolute atomic E-state index is 13.2. The predicted molar refractivity (Wildman–Crippen MR) is 77.2 cm³/mol. The minimum absolute atomic E-state index is 0.0703. The van der Waals surface area contributed by atoms with Gasteiger partial charge in [-0.3, -0.25) is 0 Å². The van der Waals surface area contributed by atoms with Gasteiger partial charge in [0.05, 0.1) is 5.69 Å². The van der Waals surface area contributed by atoms with E-state index in [-0.39, 0.29) is 16.6 Å². The van der Waals surface area contributed by atoms with Crippen molar-refractivity contribution in [2.24, 2.45) is 5.92 Å². The van der Waals surface area contributed by atoms with Crippen molar-refractivity contribution in [1.29, 1.82) is 0 Å². The number of nitrogen functional groups attached to an aromatic ring is 1. The van der Waals surface area contributed by atoms with Crippen molar-refractivity contribution in [3.8, 4) is 0 Å². The Hall–Kier alpha value is -1.14. The number of hydrogen-bond donors (Lipinski definition) is 2. The molecule has 0 amide bonds. The van der Waals surface area contributed by atoms with E-state index in [1.165, 1.54) is 6.07 Å². The lowest BCUT2D eigenvalue weighted by molar-refractivity contribution is 0.484. The van der Waals surface area contributed by atoms with E-state index in [1.807, 2.05) is 0 Å². The van der Waals surface area contributed by atoms with Crippen molar-refractivity contribution >= 4 is 15.7 Å². The number of rotatable bonds is 3. The van der Waals surface area contributed by atoms with Crippen molar-refractivity contribution in [3.63, 3.8) is 0 Å². The number of benzene rings is 1. The van der Waals surface area contributed by atoms with Crippen LogP contribution in [0.25, 0.3) is 0 Å². The van der Waals surface area contributed by atoms with Crippen LogP contribution in [0.5, 0.6) is 0 Å². The molecular weight excluding hydrogens is 279 g/mol. The van der Waals surface area contributed by atoms with Gasteiger partial charge in [0.2, 0.25) is 10.0 Å². The van der Waals surface area contributed by atoms with Crippen molar-refractivity contribution in [1.82, 2.24) is 4.72 Å². The summed E-state index contributed by atoms with van der Waals surface area (Å²) in [7, 11) is -3.76. The monoisotopic (exact) mass is 300 g/mol. The second-order valence-electron chi connectivity index (χ2n) is 5.61. The molecule has 0 radical (unpaired) electrons. The smallest absolute Gasteiger partial charge is 0.242 e. The fourth-order valence-electron chi connectivity index (χ4n) is 2.63. The molecule has 4 nitrogen and oxygen atoms in total. The van der Waals surface area contributed by atoms with Crippen LogP contribution in [0.4, 0.5) is 10.1 Å². The van der Waals surface area contributed by atoms with Gasteiger partial charge in [0.25, 0.3) is 0 Å². The standard InChI is InChI=1S/C14H21FN2O2S/c1-10-3-2-4-12(7-5-10)17-20(18,19)14-9-11(15)6-8-13(14)16/h6,8-10,12,17H,2-5,7,16H2,1H3. The Bertz CT molecular complexity index is 575. The minimum Gasteiger partial charge on any atom is -0.398 e. The van der Waals surface area contributed by atoms with Crippen LogP contribution in [0.15, 0.2) is 23.1 Å². The molecule has 20 heavy (non-hydrogen) atoms. The Morgan fingerprint density at radius 3 is 2.75 bits per heavy atom. The molecule has 0 spiro atoms. The van der Waals surface area contributed by atoms with Gasteiger partial charge in [0.1, 0.15) is 10.7 Å². The van der Waals surface area contributed by atoms with E-state index in [1.54, 1.807) is 0 Å². The maximum atomic E-state index is 13.2. The molecular formula is C14H21FN2O2S. The lowest BCUT2D eigenvalue weighted by atomic mass is 10.0. The van der Waals surface area contributed by atoms with Gasteiger partial charge in [-0.1, -0.05) is 19.8 Å². The topological polar surface area (TPSA) is 72.2 Å². The highest BCUT2D eigenvalue weighted by molar-refractivity contribution is 7.89. The van der Waals surface area contributed by atoms with E-state index < -0.39 is 15.8 Å². The third-order valence-corrected chi connectivity index (χ3v) is 5.42. The summed E-state index contributed by atoms with van der Waals surface area (Å²) in [5.74, 6) is 0.0257. The second kappa shape index (κ2) is 6.10. The molecule has 0 heterocycles. The Labute approximate surface area is 119 Å². The molecule has 6 heteroatoms. The van der Waals surface area contributed by atoms with Crippen LogP contribution in [0, 0.1) is 11.7 Å². The minimum atomic E-state index is -3.76. The second-order valence-corrected chi connectivity index (χ2v) is 7.30. The molecule has 0 aliphatic heterocycles. The molecule has 2 atom stereocenters. The van der Waals surface area contributed by atoms with E-state index in [2.05, 4.69) is 11.6 Å². The van der Waals surface area contributed by atoms with E-state index in [0.717, 1.165) is 44.2 Å². The van der Waals surface area contributed by atoms with Crippen LogP contribution in [0.1, 0.15) is 39.0 Å². The fourth-order valence-corrected chi connectivity index (χ4v) is 4.08. The average molecular weight is 300 g/mol. The maximum Gasteiger partial charge on any atom is 0.242 e. The summed E-state index contributed by atoms with van der Waals surface area (Å²) in [5, 5.41) is 0. The predicted octanol–water partition coefficient (Wildman–Crippen LogP) is 2.66. The molecule has 1 saturated carbocycles. The van der Waals surface area contributed by atoms with Crippen LogP contribution in [0.3, 0.4) is 0 Å². The molecule has 1 aliphatic carbocycles. The summed E-state index contributed by atoms with van der Waals surface area (Å²) < 4.78 is 40.5. The number of halogens is 1. The summed E-state index contributed by atoms with van der Waals surface area (Å²) in [4.78, 5) is -0.171. The SMILES string of the molecule is CC1CCCC(NS(=O)(=O)c2cc(F)ccc2N)CC1. The van der Waals surface area contributed by atoms with Crippen LogP contribution >= 0.6 is 0 Å². The highest BCUT2D eigenvalue weighted by Crippen LogP contribution is 2.25. The van der Waals surface area contributed by atoms with Gasteiger partial charge in [0.15, 0.2) is 0 Å². The summed E-state index contributed by atoms with van der Waals surface area (Å²) in [6, 6.07) is 3.31. The van der Waals surface area contributed by atoms with E-state index in [9.17, 15) is 12.8 Å². The van der Waals surface area contributed by atoms with E-state index in [0.29, 0.717) is 5.92 Å². The normalized spacial score (nSPS) is 24.3. The molecule has 1 aromatic rings. The van der Waals surface area contributed by atoms with E-state index >= 15 is 0 Å². The molecule has 112 valence electrons.